The summed E-state index contributed by atoms with van der Waals surface area (Å²) in [5.74, 6) is -0.227. The molecule has 574 valence electrons. The van der Waals surface area contributed by atoms with E-state index in [1.807, 2.05) is 0 Å². The molecule has 2 aliphatic rings. The Morgan fingerprint density at radius 2 is 0.690 bits per heavy atom. The summed E-state index contributed by atoms with van der Waals surface area (Å²) < 4.78 is 23.0. The number of aliphatic hydroxyl groups is 8. The number of ether oxygens (including phenoxy) is 4. The summed E-state index contributed by atoms with van der Waals surface area (Å²) in [5.41, 5.74) is 0. The van der Waals surface area contributed by atoms with Crippen molar-refractivity contribution in [2.75, 3.05) is 19.8 Å². The molecule has 1 amide bonds. The minimum absolute atomic E-state index is 0.227. The maximum atomic E-state index is 13.4. The van der Waals surface area contributed by atoms with Crippen molar-refractivity contribution in [3.8, 4) is 0 Å². The van der Waals surface area contributed by atoms with Crippen LogP contribution in [0.25, 0.3) is 0 Å². The molecule has 14 nitrogen and oxygen atoms in total. The number of aliphatic hydroxyl groups excluding tert-OH is 8. The molecule has 0 aliphatic carbocycles. The molecule has 2 rings (SSSR count). The van der Waals surface area contributed by atoms with Crippen LogP contribution in [0.15, 0.2) is 134 Å². The van der Waals surface area contributed by atoms with E-state index in [1.165, 1.54) is 148 Å². The van der Waals surface area contributed by atoms with Gasteiger partial charge in [-0.15, -0.1) is 0 Å². The number of hydrogen-bond acceptors (Lipinski definition) is 13. The Morgan fingerprint density at radius 1 is 0.370 bits per heavy atom. The van der Waals surface area contributed by atoms with Crippen molar-refractivity contribution in [3.63, 3.8) is 0 Å². The summed E-state index contributed by atoms with van der Waals surface area (Å²) in [7, 11) is 0. The van der Waals surface area contributed by atoms with Crippen molar-refractivity contribution in [2.45, 2.75) is 383 Å². The highest BCUT2D eigenvalue weighted by atomic mass is 16.7. The van der Waals surface area contributed by atoms with Gasteiger partial charge in [0.25, 0.3) is 0 Å². The molecule has 0 aromatic rings. The second-order valence-electron chi connectivity index (χ2n) is 27.8. The molecule has 2 aliphatic heterocycles. The SMILES string of the molecule is CC/C=C\C/C=C\C/C=C\C/C=C\C/C=C\C/C=C\C/C=C\C/C=C\C/C=C\C/C=C\C/C=C\CCCCCCCC(=O)NC(COC1OC(CO)C(OC2OC(CO)C(O)C(O)C2O)C(O)C1O)C(O)CCCCCCCCCCCCCCCCCCCCCCCCCCCCC. The molecule has 2 saturated heterocycles. The minimum Gasteiger partial charge on any atom is -0.394 e. The molecule has 0 spiro atoms. The Hall–Kier alpha value is -3.87. The molecule has 2 heterocycles. The molecular formula is C86H147NO13. The van der Waals surface area contributed by atoms with Gasteiger partial charge in [0.05, 0.1) is 32.0 Å². The molecule has 12 atom stereocenters. The number of carbonyl (C=O) groups is 1. The van der Waals surface area contributed by atoms with Crippen LogP contribution in [0, 0.1) is 0 Å². The highest BCUT2D eigenvalue weighted by molar-refractivity contribution is 5.76. The van der Waals surface area contributed by atoms with E-state index in [4.69, 9.17) is 18.9 Å². The summed E-state index contributed by atoms with van der Waals surface area (Å²) in [5, 5.41) is 87.9. The van der Waals surface area contributed by atoms with Crippen LogP contribution in [0.2, 0.25) is 0 Å². The Morgan fingerprint density at radius 3 is 1.06 bits per heavy atom. The molecule has 14 heteroatoms. The number of hydrogen-bond donors (Lipinski definition) is 9. The summed E-state index contributed by atoms with van der Waals surface area (Å²) in [6.07, 6.45) is 84.8. The zero-order chi connectivity index (χ0) is 72.2. The molecule has 0 aromatic heterocycles. The van der Waals surface area contributed by atoms with Crippen molar-refractivity contribution < 1.29 is 64.6 Å². The average Bonchev–Trinajstić information content (AvgIpc) is 0.796. The van der Waals surface area contributed by atoms with Crippen molar-refractivity contribution in [1.29, 1.82) is 0 Å². The predicted octanol–water partition coefficient (Wildman–Crippen LogP) is 18.6. The second-order valence-corrected chi connectivity index (χ2v) is 27.8. The van der Waals surface area contributed by atoms with Gasteiger partial charge in [-0.25, -0.2) is 0 Å². The van der Waals surface area contributed by atoms with Gasteiger partial charge < -0.3 is 65.1 Å². The lowest BCUT2D eigenvalue weighted by atomic mass is 9.97. The van der Waals surface area contributed by atoms with Gasteiger partial charge in [-0.2, -0.15) is 0 Å². The van der Waals surface area contributed by atoms with E-state index < -0.39 is 86.8 Å². The van der Waals surface area contributed by atoms with E-state index >= 15 is 0 Å². The van der Waals surface area contributed by atoms with Gasteiger partial charge in [0.2, 0.25) is 5.91 Å². The van der Waals surface area contributed by atoms with Gasteiger partial charge in [0.15, 0.2) is 12.6 Å². The zero-order valence-corrected chi connectivity index (χ0v) is 62.9. The molecule has 2 fully saturated rings. The van der Waals surface area contributed by atoms with Crippen molar-refractivity contribution >= 4 is 5.91 Å². The Bertz CT molecular complexity index is 2200. The largest absolute Gasteiger partial charge is 0.394 e. The number of amides is 1. The van der Waals surface area contributed by atoms with Gasteiger partial charge in [0, 0.05) is 6.42 Å². The van der Waals surface area contributed by atoms with Crippen LogP contribution >= 0.6 is 0 Å². The van der Waals surface area contributed by atoms with Gasteiger partial charge in [-0.3, -0.25) is 4.79 Å². The maximum absolute atomic E-state index is 13.4. The van der Waals surface area contributed by atoms with Gasteiger partial charge in [-0.1, -0.05) is 340 Å². The Balaban J connectivity index is 1.64. The second kappa shape index (κ2) is 68.3. The molecule has 100 heavy (non-hydrogen) atoms. The van der Waals surface area contributed by atoms with Crippen molar-refractivity contribution in [3.05, 3.63) is 134 Å². The molecule has 12 unspecified atom stereocenters. The topological polar surface area (TPSA) is 228 Å². The van der Waals surface area contributed by atoms with Crippen LogP contribution in [0.5, 0.6) is 0 Å². The maximum Gasteiger partial charge on any atom is 0.220 e. The molecule has 0 aromatic carbocycles. The summed E-state index contributed by atoms with van der Waals surface area (Å²) in [4.78, 5) is 13.4. The van der Waals surface area contributed by atoms with Gasteiger partial charge in [-0.05, 0) is 96.3 Å². The first-order valence-corrected chi connectivity index (χ1v) is 40.4. The minimum atomic E-state index is -1.79. The third-order valence-corrected chi connectivity index (χ3v) is 18.9. The van der Waals surface area contributed by atoms with E-state index in [0.717, 1.165) is 128 Å². The molecule has 0 saturated carbocycles. The quantitative estimate of drug-likeness (QED) is 0.0204. The monoisotopic (exact) mass is 1400 g/mol. The van der Waals surface area contributed by atoms with E-state index in [0.29, 0.717) is 12.8 Å². The Kier molecular flexibility index (Phi) is 62.9. The molecular weight excluding hydrogens is 1250 g/mol. The van der Waals surface area contributed by atoms with E-state index in [-0.39, 0.29) is 18.9 Å². The smallest absolute Gasteiger partial charge is 0.220 e. The van der Waals surface area contributed by atoms with Gasteiger partial charge in [0.1, 0.15) is 48.8 Å². The number of carbonyl (C=O) groups excluding carboxylic acids is 1. The predicted molar refractivity (Wildman–Crippen MR) is 415 cm³/mol. The summed E-state index contributed by atoms with van der Waals surface area (Å²) >= 11 is 0. The van der Waals surface area contributed by atoms with Crippen molar-refractivity contribution in [2.24, 2.45) is 0 Å². The standard InChI is InChI=1S/C86H147NO13/c1-3-5-7-9-11-13-15-17-19-21-23-25-27-29-31-32-33-34-35-36-37-38-39-40-41-42-44-46-48-50-52-54-56-58-60-62-64-66-68-70-78(91)87-74(73-97-85-83(96)81(94)84(77(72-89)99-85)100-86-82(95)80(93)79(92)76(71-88)98-86)75(90)69-67-65-63-61-59-57-55-53-51-49-47-45-43-30-28-26-24-22-20-18-16-14-12-10-8-6-4-2/h5,7,11,13,17,19,23,25,29,31,33-34,36-37,39-40,42,44,48,50,54,56,74-77,79-86,88-90,92-96H,3-4,6,8-10,12,14-16,18,20-22,24,26-28,30,32,35,38,41,43,45-47,49,51-53,55,57-73H2,1-2H3,(H,87,91)/b7-5-,13-11-,19-17-,25-23-,31-29-,34-33-,37-36-,40-39-,44-42-,50-48-,56-54-. The first-order valence-electron chi connectivity index (χ1n) is 40.4. The molecule has 0 bridgehead atoms. The highest BCUT2D eigenvalue weighted by Gasteiger charge is 2.51. The first-order chi connectivity index (χ1) is 49.1. The fraction of sp³-hybridized carbons (Fsp3) is 0.733. The number of unbranched alkanes of at least 4 members (excludes halogenated alkanes) is 31. The number of rotatable bonds is 66. The van der Waals surface area contributed by atoms with Crippen LogP contribution in [-0.4, -0.2) is 140 Å². The Labute approximate surface area is 609 Å². The summed E-state index contributed by atoms with van der Waals surface area (Å²) in [6, 6.07) is -0.851. The van der Waals surface area contributed by atoms with Crippen LogP contribution < -0.4 is 5.32 Å². The molecule has 9 N–H and O–H groups in total. The fourth-order valence-electron chi connectivity index (χ4n) is 12.5. The third-order valence-electron chi connectivity index (χ3n) is 18.9. The van der Waals surface area contributed by atoms with Crippen LogP contribution in [0.4, 0.5) is 0 Å². The van der Waals surface area contributed by atoms with E-state index in [2.05, 4.69) is 153 Å². The molecule has 0 radical (unpaired) electrons. The van der Waals surface area contributed by atoms with E-state index in [1.54, 1.807) is 0 Å². The van der Waals surface area contributed by atoms with Crippen LogP contribution in [0.1, 0.15) is 309 Å². The number of nitrogens with one attached hydrogen (secondary N) is 1. The lowest BCUT2D eigenvalue weighted by Gasteiger charge is -2.46. The van der Waals surface area contributed by atoms with Crippen molar-refractivity contribution in [1.82, 2.24) is 5.32 Å². The highest BCUT2D eigenvalue weighted by Crippen LogP contribution is 2.30. The lowest BCUT2D eigenvalue weighted by Crippen LogP contribution is -2.65. The van der Waals surface area contributed by atoms with Crippen LogP contribution in [0.3, 0.4) is 0 Å². The van der Waals surface area contributed by atoms with E-state index in [9.17, 15) is 45.6 Å². The summed E-state index contributed by atoms with van der Waals surface area (Å²) in [6.45, 7) is 2.76. The van der Waals surface area contributed by atoms with Crippen LogP contribution in [-0.2, 0) is 23.7 Å². The third kappa shape index (κ3) is 50.5. The number of allylic oxidation sites excluding steroid dienone is 22. The van der Waals surface area contributed by atoms with Gasteiger partial charge >= 0.3 is 0 Å². The zero-order valence-electron chi connectivity index (χ0n) is 62.9. The fourth-order valence-corrected chi connectivity index (χ4v) is 12.5. The lowest BCUT2D eigenvalue weighted by molar-refractivity contribution is -0.359. The normalized spacial score (nSPS) is 22.6. The first kappa shape index (κ1) is 92.2. The average molecular weight is 1400 g/mol.